The van der Waals surface area contributed by atoms with Gasteiger partial charge in [-0.2, -0.15) is 0 Å². The summed E-state index contributed by atoms with van der Waals surface area (Å²) in [6, 6.07) is 44.3. The minimum atomic E-state index is -0.107. The molecule has 0 radical (unpaired) electrons. The number of fused-ring (bicyclic) bond motifs is 15. The van der Waals surface area contributed by atoms with Crippen LogP contribution in [0, 0.1) is 0 Å². The van der Waals surface area contributed by atoms with Gasteiger partial charge in [-0.25, -0.2) is 0 Å². The first-order chi connectivity index (χ1) is 37.9. The van der Waals surface area contributed by atoms with E-state index in [9.17, 15) is 0 Å². The molecule has 7 aliphatic rings. The molecule has 0 N–H and O–H groups in total. The molecular formula is C72H78B2N6Se. The van der Waals surface area contributed by atoms with Gasteiger partial charge in [0.25, 0.3) is 0 Å². The molecule has 1 aromatic heterocycles. The zero-order valence-corrected chi connectivity index (χ0v) is 53.4. The van der Waals surface area contributed by atoms with Gasteiger partial charge in [0.1, 0.15) is 0 Å². The Morgan fingerprint density at radius 1 is 0.296 bits per heavy atom. The monoisotopic (exact) mass is 1130 g/mol. The van der Waals surface area contributed by atoms with Gasteiger partial charge >= 0.3 is 493 Å². The third-order valence-corrected chi connectivity index (χ3v) is 22.1. The first-order valence-corrected chi connectivity index (χ1v) is 31.5. The molecule has 7 aromatic carbocycles. The summed E-state index contributed by atoms with van der Waals surface area (Å²) in [6.07, 6.45) is 0. The SMILES string of the molecule is CN1c2cc(C(C)(C)C)cc3c2N(c2cccc4c2B3c2[se]c3c5c2N4c2ccccc2N5c2cccc4c2B3c2ccc(C(C)(C)C)c3c2N4c2cc(C(C)(C)C)cc(C(C)(C)C)c2N3C)c2cc(C(C)(C)C)cc(C(C)(C)C)c21. The molecule has 6 nitrogen and oxygen atoms in total. The van der Waals surface area contributed by atoms with Gasteiger partial charge in [0.2, 0.25) is 0 Å². The second kappa shape index (κ2) is 15.8. The van der Waals surface area contributed by atoms with Crippen LogP contribution in [0.4, 0.5) is 91.0 Å². The van der Waals surface area contributed by atoms with Crippen molar-refractivity contribution >= 4 is 149 Å². The topological polar surface area (TPSA) is 19.4 Å². The van der Waals surface area contributed by atoms with Crippen LogP contribution in [0.25, 0.3) is 0 Å². The molecule has 0 spiro atoms. The van der Waals surface area contributed by atoms with Gasteiger partial charge in [0.15, 0.2) is 0 Å². The normalized spacial score (nSPS) is 16.0. The molecule has 408 valence electrons. The van der Waals surface area contributed by atoms with Crippen molar-refractivity contribution in [1.82, 2.24) is 0 Å². The van der Waals surface area contributed by atoms with E-state index in [4.69, 9.17) is 0 Å². The Morgan fingerprint density at radius 3 is 1.12 bits per heavy atom. The summed E-state index contributed by atoms with van der Waals surface area (Å²) in [5.41, 5.74) is 34.5. The second-order valence-electron chi connectivity index (χ2n) is 30.9. The molecule has 0 fully saturated rings. The number of hydrogen-bond acceptors (Lipinski definition) is 6. The fourth-order valence-electron chi connectivity index (χ4n) is 15.2. The molecule has 0 aliphatic carbocycles. The van der Waals surface area contributed by atoms with Gasteiger partial charge in [0, 0.05) is 0 Å². The van der Waals surface area contributed by atoms with Crippen LogP contribution in [-0.2, 0) is 32.5 Å². The summed E-state index contributed by atoms with van der Waals surface area (Å²) in [5.74, 6) is 0. The maximum atomic E-state index is 2.74. The zero-order valence-electron chi connectivity index (χ0n) is 51.6. The van der Waals surface area contributed by atoms with E-state index < -0.39 is 0 Å². The summed E-state index contributed by atoms with van der Waals surface area (Å²) in [5, 5.41) is 0. The molecule has 0 amide bonds. The number of anilines is 16. The molecule has 0 saturated carbocycles. The average Bonchev–Trinajstić information content (AvgIpc) is 4.05. The van der Waals surface area contributed by atoms with Crippen LogP contribution in [0.2, 0.25) is 0 Å². The van der Waals surface area contributed by atoms with Crippen molar-refractivity contribution in [2.24, 2.45) is 0 Å². The minimum absolute atomic E-state index is 0.0484. The Kier molecular flexibility index (Phi) is 9.99. The summed E-state index contributed by atoms with van der Waals surface area (Å²) >= 11 is -0.0484. The van der Waals surface area contributed by atoms with Gasteiger partial charge in [-0.15, -0.1) is 0 Å². The molecule has 0 atom stereocenters. The number of para-hydroxylation sites is 2. The van der Waals surface area contributed by atoms with E-state index in [1.807, 2.05) is 0 Å². The van der Waals surface area contributed by atoms with Crippen LogP contribution in [-0.4, -0.2) is 42.0 Å². The standard InChI is InChI=1S/C72H78B2N6Se/c1-67(2,3)39-33-43(71(13,14)15)58-54(37-39)79-51-29-23-28-50-57(51)74(46-35-41(69(7,8)9)36-53(61(46)79)75(58)19)66-64-63-65(81-66)73-45-32-31-42(70(10,11)12)60-62(45)80(55-38-40(68(4,5)6)34-44(72(16,17)18)59(55)76(60)20)52-30-24-27-49(56(52)73)77(63)47-25-21-22-26-48(47)78(50)64/h21-38H,1-20H3. The van der Waals surface area contributed by atoms with Gasteiger partial charge in [0.05, 0.1) is 0 Å². The molecule has 8 heterocycles. The third kappa shape index (κ3) is 6.65. The fraction of sp³-hybridized carbons (Fsp3) is 0.361. The predicted molar refractivity (Wildman–Crippen MR) is 353 cm³/mol. The van der Waals surface area contributed by atoms with Crippen molar-refractivity contribution in [3.05, 3.63) is 143 Å². The molecule has 8 aromatic rings. The Labute approximate surface area is 489 Å². The Bertz CT molecular complexity index is 4160. The van der Waals surface area contributed by atoms with E-state index in [-0.39, 0.29) is 60.4 Å². The Hall–Kier alpha value is -6.53. The number of benzene rings is 7. The van der Waals surface area contributed by atoms with Gasteiger partial charge < -0.3 is 0 Å². The van der Waals surface area contributed by atoms with Crippen LogP contribution >= 0.6 is 0 Å². The summed E-state index contributed by atoms with van der Waals surface area (Å²) in [6.45, 7) is 43.3. The van der Waals surface area contributed by atoms with Crippen LogP contribution in [0.3, 0.4) is 0 Å². The summed E-state index contributed by atoms with van der Waals surface area (Å²) < 4.78 is 3.16. The first-order valence-electron chi connectivity index (χ1n) is 29.8. The number of rotatable bonds is 0. The van der Waals surface area contributed by atoms with E-state index in [0.717, 1.165) is 0 Å². The average molecular weight is 1130 g/mol. The molecule has 0 bridgehead atoms. The number of hydrogen-bond donors (Lipinski definition) is 0. The zero-order chi connectivity index (χ0) is 57.2. The van der Waals surface area contributed by atoms with Crippen molar-refractivity contribution in [3.8, 4) is 0 Å². The van der Waals surface area contributed by atoms with Gasteiger partial charge in [-0.1, -0.05) is 0 Å². The van der Waals surface area contributed by atoms with Gasteiger partial charge in [-0.05, 0) is 0 Å². The first kappa shape index (κ1) is 51.4. The van der Waals surface area contributed by atoms with Crippen LogP contribution in [0.1, 0.15) is 158 Å². The van der Waals surface area contributed by atoms with Crippen LogP contribution < -0.4 is 59.9 Å². The second-order valence-corrected chi connectivity index (χ2v) is 33.2. The maximum absolute atomic E-state index is 2.74. The van der Waals surface area contributed by atoms with E-state index in [1.54, 1.807) is 8.67 Å². The summed E-state index contributed by atoms with van der Waals surface area (Å²) in [4.78, 5) is 16.1. The van der Waals surface area contributed by atoms with E-state index in [0.29, 0.717) is 0 Å². The fourth-order valence-corrected chi connectivity index (χ4v) is 18.4. The predicted octanol–water partition coefficient (Wildman–Crippen LogP) is 15.2. The molecule has 9 heteroatoms. The molecule has 15 rings (SSSR count). The molecule has 0 unspecified atom stereocenters. The third-order valence-electron chi connectivity index (χ3n) is 19.3. The van der Waals surface area contributed by atoms with Crippen LogP contribution in [0.15, 0.2) is 109 Å². The van der Waals surface area contributed by atoms with Crippen molar-refractivity contribution in [2.75, 3.05) is 43.5 Å². The molecule has 0 saturated heterocycles. The molecule has 7 aliphatic heterocycles. The van der Waals surface area contributed by atoms with Crippen molar-refractivity contribution in [1.29, 1.82) is 0 Å². The Morgan fingerprint density at radius 2 is 0.679 bits per heavy atom. The van der Waals surface area contributed by atoms with E-state index in [2.05, 4.69) is 277 Å². The van der Waals surface area contributed by atoms with Crippen molar-refractivity contribution < 1.29 is 0 Å². The summed E-state index contributed by atoms with van der Waals surface area (Å²) in [7, 11) is 4.73. The van der Waals surface area contributed by atoms with Crippen LogP contribution in [0.5, 0.6) is 0 Å². The molecule has 81 heavy (non-hydrogen) atoms. The van der Waals surface area contributed by atoms with Crippen molar-refractivity contribution in [2.45, 2.75) is 157 Å². The van der Waals surface area contributed by atoms with E-state index >= 15 is 0 Å². The van der Waals surface area contributed by atoms with E-state index in [1.165, 1.54) is 146 Å². The van der Waals surface area contributed by atoms with Gasteiger partial charge in [-0.3, -0.25) is 0 Å². The Balaban J connectivity index is 1.06. The number of nitrogens with zero attached hydrogens (tertiary/aromatic N) is 6. The quantitative estimate of drug-likeness (QED) is 0.140. The van der Waals surface area contributed by atoms with Crippen molar-refractivity contribution in [3.63, 3.8) is 0 Å². The molecular weight excluding hydrogens is 1050 g/mol.